The van der Waals surface area contributed by atoms with Crippen LogP contribution in [0.25, 0.3) is 11.4 Å². The Kier molecular flexibility index (Phi) is 7.39. The monoisotopic (exact) mass is 401 g/mol. The minimum atomic E-state index is -5.08. The van der Waals surface area contributed by atoms with E-state index < -0.39 is 24.1 Å². The van der Waals surface area contributed by atoms with Gasteiger partial charge < -0.3 is 5.11 Å². The lowest BCUT2D eigenvalue weighted by Crippen LogP contribution is -2.29. The molecule has 0 radical (unpaired) electrons. The number of H-pyrrole nitrogens is 1. The summed E-state index contributed by atoms with van der Waals surface area (Å²) in [5.74, 6) is -2.26. The molecule has 2 N–H and O–H groups in total. The van der Waals surface area contributed by atoms with Crippen molar-refractivity contribution >= 4 is 17.6 Å². The molecule has 0 fully saturated rings. The van der Waals surface area contributed by atoms with Crippen LogP contribution in [-0.4, -0.2) is 61.8 Å². The lowest BCUT2D eigenvalue weighted by Gasteiger charge is -2.19. The number of carboxylic acids is 1. The van der Waals surface area contributed by atoms with Gasteiger partial charge in [0.05, 0.1) is 6.54 Å². The summed E-state index contributed by atoms with van der Waals surface area (Å²) in [5.41, 5.74) is 1.71. The van der Waals surface area contributed by atoms with Crippen molar-refractivity contribution < 1.29 is 31.9 Å². The van der Waals surface area contributed by atoms with E-state index >= 15 is 0 Å². The molecule has 0 aliphatic carbocycles. The average molecular weight is 402 g/mol. The van der Waals surface area contributed by atoms with Crippen LogP contribution in [0.2, 0.25) is 0 Å². The molecule has 0 aliphatic heterocycles. The van der Waals surface area contributed by atoms with E-state index in [4.69, 9.17) is 21.5 Å². The van der Waals surface area contributed by atoms with Gasteiger partial charge in [-0.15, -0.1) is 10.2 Å². The van der Waals surface area contributed by atoms with Gasteiger partial charge in [0.15, 0.2) is 0 Å². The smallest absolute Gasteiger partial charge is 0.475 e. The summed E-state index contributed by atoms with van der Waals surface area (Å²) in [5, 5.41) is 17.4. The molecule has 0 bridgehead atoms. The molecule has 0 spiro atoms. The minimum Gasteiger partial charge on any atom is -0.475 e. The summed E-state index contributed by atoms with van der Waals surface area (Å²) in [6.45, 7) is -0.115. The highest BCUT2D eigenvalue weighted by atomic mass is 35.5. The van der Waals surface area contributed by atoms with Crippen molar-refractivity contribution in [2.75, 3.05) is 13.6 Å². The maximum atomic E-state index is 12.6. The molecule has 0 saturated heterocycles. The predicted octanol–water partition coefficient (Wildman–Crippen LogP) is 2.76. The van der Waals surface area contributed by atoms with Crippen LogP contribution in [0.3, 0.4) is 0 Å². The quantitative estimate of drug-likeness (QED) is 0.591. The van der Waals surface area contributed by atoms with E-state index in [2.05, 4.69) is 20.6 Å². The number of aromatic nitrogens is 4. The number of hydrogen-bond acceptors (Lipinski definition) is 5. The highest BCUT2D eigenvalue weighted by Crippen LogP contribution is 2.21. The number of carboxylic acid groups (broad SMARTS) is 1. The second-order valence-electron chi connectivity index (χ2n) is 5.02. The molecule has 0 atom stereocenters. The Morgan fingerprint density at radius 1 is 1.23 bits per heavy atom. The molecule has 1 heterocycles. The first-order chi connectivity index (χ1) is 11.9. The van der Waals surface area contributed by atoms with Gasteiger partial charge in [-0.25, -0.2) is 4.79 Å². The van der Waals surface area contributed by atoms with E-state index in [-0.39, 0.29) is 0 Å². The molecule has 144 valence electrons. The lowest BCUT2D eigenvalue weighted by molar-refractivity contribution is -0.192. The Balaban J connectivity index is 0.000000412. The third-order valence-electron chi connectivity index (χ3n) is 2.70. The number of aromatic amines is 1. The Hall–Kier alpha value is -2.34. The Bertz CT molecular complexity index is 688. The molecule has 2 aromatic rings. The van der Waals surface area contributed by atoms with Gasteiger partial charge in [-0.1, -0.05) is 24.3 Å². The zero-order valence-corrected chi connectivity index (χ0v) is 13.9. The van der Waals surface area contributed by atoms with Gasteiger partial charge in [0.2, 0.25) is 5.82 Å². The van der Waals surface area contributed by atoms with E-state index in [9.17, 15) is 22.0 Å². The number of aliphatic carboxylic acids is 1. The molecule has 7 nitrogen and oxygen atoms in total. The van der Waals surface area contributed by atoms with Gasteiger partial charge in [0, 0.05) is 12.1 Å². The van der Waals surface area contributed by atoms with E-state index in [0.29, 0.717) is 12.4 Å². The van der Waals surface area contributed by atoms with Gasteiger partial charge in [-0.2, -0.15) is 27.2 Å². The van der Waals surface area contributed by atoms with E-state index in [1.54, 1.807) is 7.05 Å². The van der Waals surface area contributed by atoms with Crippen molar-refractivity contribution in [1.82, 2.24) is 25.5 Å². The van der Waals surface area contributed by atoms with Crippen LogP contribution in [0.15, 0.2) is 24.3 Å². The van der Waals surface area contributed by atoms with Crippen LogP contribution in [0.1, 0.15) is 5.56 Å². The molecule has 13 heteroatoms. The van der Waals surface area contributed by atoms with Crippen LogP contribution in [0.4, 0.5) is 22.0 Å². The standard InChI is InChI=1S/C11H12ClF2N5.C2HF3O2/c1-19(7-11(12,13)14)6-8-2-4-9(5-3-8)10-15-17-18-16-10;3-2(4,5)1(6)7/h2-5H,6-7H2,1H3,(H,15,16,17,18);(H,6,7). The first-order valence-corrected chi connectivity index (χ1v) is 7.14. The first-order valence-electron chi connectivity index (χ1n) is 6.76. The summed E-state index contributed by atoms with van der Waals surface area (Å²) in [4.78, 5) is 10.4. The number of tetrazole rings is 1. The molecule has 2 rings (SSSR count). The fourth-order valence-corrected chi connectivity index (χ4v) is 1.92. The van der Waals surface area contributed by atoms with Crippen molar-refractivity contribution in [3.8, 4) is 11.4 Å². The van der Waals surface area contributed by atoms with Crippen molar-refractivity contribution in [3.63, 3.8) is 0 Å². The summed E-state index contributed by atoms with van der Waals surface area (Å²) in [6.07, 6.45) is -5.08. The third-order valence-corrected chi connectivity index (χ3v) is 2.82. The second-order valence-corrected chi connectivity index (χ2v) is 5.58. The maximum absolute atomic E-state index is 12.6. The predicted molar refractivity (Wildman–Crippen MR) is 80.4 cm³/mol. The number of rotatable bonds is 5. The number of nitrogens with zero attached hydrogens (tertiary/aromatic N) is 4. The van der Waals surface area contributed by atoms with Gasteiger partial charge in [0.1, 0.15) is 0 Å². The molecule has 26 heavy (non-hydrogen) atoms. The zero-order chi connectivity index (χ0) is 20.0. The minimum absolute atomic E-state index is 0.384. The maximum Gasteiger partial charge on any atom is 0.490 e. The molecular formula is C13H13ClF5N5O2. The number of hydrogen-bond donors (Lipinski definition) is 2. The highest BCUT2D eigenvalue weighted by Gasteiger charge is 2.38. The van der Waals surface area contributed by atoms with Crippen LogP contribution in [0.5, 0.6) is 0 Å². The first kappa shape index (κ1) is 21.7. The van der Waals surface area contributed by atoms with Crippen molar-refractivity contribution in [1.29, 1.82) is 0 Å². The second kappa shape index (κ2) is 8.85. The SMILES string of the molecule is CN(Cc1ccc(-c2nn[nH]n2)cc1)CC(F)(F)Cl.O=C(O)C(F)(F)F. The summed E-state index contributed by atoms with van der Waals surface area (Å²) in [6, 6.07) is 7.28. The number of halogens is 6. The van der Waals surface area contributed by atoms with Gasteiger partial charge in [-0.05, 0) is 29.4 Å². The van der Waals surface area contributed by atoms with Crippen LogP contribution in [0, 0.1) is 0 Å². The van der Waals surface area contributed by atoms with Crippen molar-refractivity contribution in [2.24, 2.45) is 0 Å². The number of nitrogens with one attached hydrogen (secondary N) is 1. The Morgan fingerprint density at radius 2 is 1.77 bits per heavy atom. The normalized spacial score (nSPS) is 11.8. The molecule has 0 amide bonds. The number of benzene rings is 1. The largest absolute Gasteiger partial charge is 0.490 e. The van der Waals surface area contributed by atoms with Crippen LogP contribution in [-0.2, 0) is 11.3 Å². The highest BCUT2D eigenvalue weighted by molar-refractivity contribution is 6.21. The molecule has 1 aromatic heterocycles. The van der Waals surface area contributed by atoms with E-state index in [0.717, 1.165) is 11.1 Å². The van der Waals surface area contributed by atoms with Crippen LogP contribution >= 0.6 is 11.6 Å². The topological polar surface area (TPSA) is 95.0 Å². The molecule has 1 aromatic carbocycles. The van der Waals surface area contributed by atoms with Crippen molar-refractivity contribution in [2.45, 2.75) is 18.1 Å². The number of carbonyl (C=O) groups is 1. The van der Waals surface area contributed by atoms with Gasteiger partial charge in [-0.3, -0.25) is 4.90 Å². The van der Waals surface area contributed by atoms with Gasteiger partial charge in [0.25, 0.3) is 0 Å². The number of alkyl halides is 6. The fraction of sp³-hybridized carbons (Fsp3) is 0.385. The average Bonchev–Trinajstić information content (AvgIpc) is 2.99. The molecule has 0 saturated carbocycles. The Labute approximate surface area is 148 Å². The van der Waals surface area contributed by atoms with E-state index in [1.807, 2.05) is 24.3 Å². The molecule has 0 unspecified atom stereocenters. The van der Waals surface area contributed by atoms with Crippen molar-refractivity contribution in [3.05, 3.63) is 29.8 Å². The molecular weight excluding hydrogens is 389 g/mol. The lowest BCUT2D eigenvalue weighted by atomic mass is 10.1. The summed E-state index contributed by atoms with van der Waals surface area (Å²) >= 11 is 4.89. The summed E-state index contributed by atoms with van der Waals surface area (Å²) < 4.78 is 57.0. The van der Waals surface area contributed by atoms with Gasteiger partial charge >= 0.3 is 17.5 Å². The summed E-state index contributed by atoms with van der Waals surface area (Å²) in [7, 11) is 1.59. The molecule has 0 aliphatic rings. The fourth-order valence-electron chi connectivity index (χ4n) is 1.72. The van der Waals surface area contributed by atoms with E-state index in [1.165, 1.54) is 4.90 Å². The Morgan fingerprint density at radius 3 is 2.15 bits per heavy atom. The third kappa shape index (κ3) is 8.16. The zero-order valence-electron chi connectivity index (χ0n) is 13.1. The van der Waals surface area contributed by atoms with Crippen LogP contribution < -0.4 is 0 Å².